The van der Waals surface area contributed by atoms with Crippen LogP contribution in [0.2, 0.25) is 0 Å². The van der Waals surface area contributed by atoms with E-state index in [1.807, 2.05) is 42.5 Å². The second-order valence-corrected chi connectivity index (χ2v) is 8.84. The van der Waals surface area contributed by atoms with E-state index in [-0.39, 0.29) is 11.5 Å². The highest BCUT2D eigenvalue weighted by Gasteiger charge is 2.25. The molecule has 0 amide bonds. The van der Waals surface area contributed by atoms with Crippen molar-refractivity contribution in [1.82, 2.24) is 0 Å². The van der Waals surface area contributed by atoms with Crippen LogP contribution in [0.25, 0.3) is 0 Å². The lowest BCUT2D eigenvalue weighted by Crippen LogP contribution is -2.21. The Morgan fingerprint density at radius 2 is 1.84 bits per heavy atom. The number of phenolic OH excluding ortho intramolecular Hbond substituents is 1. The fourth-order valence-corrected chi connectivity index (χ4v) is 5.40. The number of aryl methyl sites for hydroxylation is 1. The van der Waals surface area contributed by atoms with E-state index in [2.05, 4.69) is 18.7 Å². The zero-order valence-electron chi connectivity index (χ0n) is 18.1. The molecule has 31 heavy (non-hydrogen) atoms. The number of aromatic hydroxyl groups is 1. The van der Waals surface area contributed by atoms with Crippen molar-refractivity contribution in [2.75, 3.05) is 18.0 Å². The molecular weight excluding hydrogens is 404 g/mol. The van der Waals surface area contributed by atoms with Gasteiger partial charge in [0, 0.05) is 47.1 Å². The van der Waals surface area contributed by atoms with Crippen LogP contribution in [0.15, 0.2) is 53.5 Å². The molecule has 0 saturated carbocycles. The number of nitrogens with zero attached hydrogens (tertiary/aromatic N) is 2. The molecule has 160 valence electrons. The third-order valence-electron chi connectivity index (χ3n) is 5.88. The largest absolute Gasteiger partial charge is 0.507 e. The second-order valence-electron chi connectivity index (χ2n) is 7.76. The molecular formula is C26H28N2O2S. The Bertz CT molecular complexity index is 1100. The third-order valence-corrected chi connectivity index (χ3v) is 7.08. The second kappa shape index (κ2) is 9.48. The number of rotatable bonds is 7. The van der Waals surface area contributed by atoms with E-state index in [1.54, 1.807) is 23.6 Å². The van der Waals surface area contributed by atoms with Gasteiger partial charge in [-0.25, -0.2) is 4.99 Å². The van der Waals surface area contributed by atoms with Gasteiger partial charge in [0.15, 0.2) is 5.78 Å². The van der Waals surface area contributed by atoms with Gasteiger partial charge in [0.1, 0.15) is 10.8 Å². The van der Waals surface area contributed by atoms with Crippen LogP contribution in [-0.2, 0) is 12.8 Å². The topological polar surface area (TPSA) is 52.9 Å². The molecule has 4 rings (SSSR count). The SMILES string of the molecule is CCN(CC)c1ccc(C=Nc2sc3c(c2C(=O)c2ccccc2)CCCC3)c(O)c1. The zero-order valence-corrected chi connectivity index (χ0v) is 18.9. The molecule has 5 heteroatoms. The number of aliphatic imine (C=N–C) groups is 1. The van der Waals surface area contributed by atoms with Gasteiger partial charge in [0.2, 0.25) is 0 Å². The highest BCUT2D eigenvalue weighted by molar-refractivity contribution is 7.16. The summed E-state index contributed by atoms with van der Waals surface area (Å²) in [6, 6.07) is 15.1. The molecule has 2 aromatic carbocycles. The number of benzene rings is 2. The highest BCUT2D eigenvalue weighted by Crippen LogP contribution is 2.41. The van der Waals surface area contributed by atoms with Crippen LogP contribution < -0.4 is 4.90 Å². The molecule has 1 N–H and O–H groups in total. The van der Waals surface area contributed by atoms with E-state index in [1.165, 1.54) is 10.4 Å². The maximum atomic E-state index is 13.3. The predicted molar refractivity (Wildman–Crippen MR) is 130 cm³/mol. The molecule has 0 spiro atoms. The molecule has 0 fully saturated rings. The summed E-state index contributed by atoms with van der Waals surface area (Å²) in [5, 5.41) is 11.3. The number of thiophene rings is 1. The van der Waals surface area contributed by atoms with Crippen LogP contribution in [0.5, 0.6) is 5.75 Å². The predicted octanol–water partition coefficient (Wildman–Crippen LogP) is 6.16. The minimum absolute atomic E-state index is 0.0354. The first-order valence-electron chi connectivity index (χ1n) is 11.0. The number of hydrogen-bond acceptors (Lipinski definition) is 5. The number of anilines is 1. The van der Waals surface area contributed by atoms with Crippen LogP contribution in [0.4, 0.5) is 10.7 Å². The van der Waals surface area contributed by atoms with Gasteiger partial charge in [-0.3, -0.25) is 4.79 Å². The monoisotopic (exact) mass is 432 g/mol. The van der Waals surface area contributed by atoms with Crippen molar-refractivity contribution in [3.63, 3.8) is 0 Å². The van der Waals surface area contributed by atoms with Crippen LogP contribution in [0.3, 0.4) is 0 Å². The standard InChI is InChI=1S/C26H28N2O2S/c1-3-28(4-2)20-15-14-19(22(29)16-20)17-27-26-24(21-12-8-9-13-23(21)31-26)25(30)18-10-6-5-7-11-18/h5-7,10-11,14-17,29H,3-4,8-9,12-13H2,1-2H3. The Hall–Kier alpha value is -2.92. The average Bonchev–Trinajstić information content (AvgIpc) is 3.18. The van der Waals surface area contributed by atoms with Crippen molar-refractivity contribution < 1.29 is 9.90 Å². The normalized spacial score (nSPS) is 13.4. The summed E-state index contributed by atoms with van der Waals surface area (Å²) < 4.78 is 0. The lowest BCUT2D eigenvalue weighted by atomic mass is 9.92. The minimum atomic E-state index is 0.0354. The number of carbonyl (C=O) groups is 1. The van der Waals surface area contributed by atoms with E-state index >= 15 is 0 Å². The van der Waals surface area contributed by atoms with E-state index in [9.17, 15) is 9.90 Å². The number of fused-ring (bicyclic) bond motifs is 1. The first kappa shape index (κ1) is 21.3. The molecule has 0 aliphatic heterocycles. The fraction of sp³-hybridized carbons (Fsp3) is 0.308. The first-order valence-corrected chi connectivity index (χ1v) is 11.8. The van der Waals surface area contributed by atoms with Crippen molar-refractivity contribution in [2.45, 2.75) is 39.5 Å². The molecule has 1 aliphatic carbocycles. The molecule has 0 atom stereocenters. The smallest absolute Gasteiger partial charge is 0.196 e. The maximum Gasteiger partial charge on any atom is 0.196 e. The van der Waals surface area contributed by atoms with Crippen molar-refractivity contribution in [2.24, 2.45) is 4.99 Å². The summed E-state index contributed by atoms with van der Waals surface area (Å²) in [5.74, 6) is 0.235. The summed E-state index contributed by atoms with van der Waals surface area (Å²) >= 11 is 1.62. The van der Waals surface area contributed by atoms with Gasteiger partial charge < -0.3 is 10.0 Å². The molecule has 0 bridgehead atoms. The van der Waals surface area contributed by atoms with Gasteiger partial charge in [0.05, 0.1) is 5.56 Å². The Morgan fingerprint density at radius 1 is 1.10 bits per heavy atom. The van der Waals surface area contributed by atoms with Crippen LogP contribution in [0, 0.1) is 0 Å². The van der Waals surface area contributed by atoms with Gasteiger partial charge >= 0.3 is 0 Å². The Balaban J connectivity index is 1.70. The van der Waals surface area contributed by atoms with Crippen molar-refractivity contribution in [3.05, 3.63) is 75.7 Å². The van der Waals surface area contributed by atoms with Crippen LogP contribution >= 0.6 is 11.3 Å². The van der Waals surface area contributed by atoms with Gasteiger partial charge in [0.25, 0.3) is 0 Å². The van der Waals surface area contributed by atoms with E-state index in [4.69, 9.17) is 4.99 Å². The molecule has 1 aromatic heterocycles. The number of carbonyl (C=O) groups excluding carboxylic acids is 1. The Kier molecular flexibility index (Phi) is 6.52. The molecule has 4 nitrogen and oxygen atoms in total. The zero-order chi connectivity index (χ0) is 21.8. The van der Waals surface area contributed by atoms with E-state index < -0.39 is 0 Å². The van der Waals surface area contributed by atoms with Crippen molar-refractivity contribution in [3.8, 4) is 5.75 Å². The summed E-state index contributed by atoms with van der Waals surface area (Å²) in [6.07, 6.45) is 5.88. The molecule has 1 aliphatic rings. The third kappa shape index (κ3) is 4.42. The van der Waals surface area contributed by atoms with E-state index in [0.717, 1.165) is 55.0 Å². The number of phenols is 1. The van der Waals surface area contributed by atoms with Gasteiger partial charge in [-0.05, 0) is 57.2 Å². The average molecular weight is 433 g/mol. The fourth-order valence-electron chi connectivity index (χ4n) is 4.17. The molecule has 3 aromatic rings. The highest BCUT2D eigenvalue weighted by atomic mass is 32.1. The van der Waals surface area contributed by atoms with Crippen molar-refractivity contribution >= 4 is 34.0 Å². The number of ketones is 1. The van der Waals surface area contributed by atoms with E-state index in [0.29, 0.717) is 11.1 Å². The van der Waals surface area contributed by atoms with Gasteiger partial charge in [-0.2, -0.15) is 0 Å². The van der Waals surface area contributed by atoms with Gasteiger partial charge in [-0.15, -0.1) is 11.3 Å². The molecule has 0 unspecified atom stereocenters. The van der Waals surface area contributed by atoms with Gasteiger partial charge in [-0.1, -0.05) is 30.3 Å². The quantitative estimate of drug-likeness (QED) is 0.359. The summed E-state index contributed by atoms with van der Waals surface area (Å²) in [5.41, 5.74) is 4.24. The van der Waals surface area contributed by atoms with Crippen LogP contribution in [-0.4, -0.2) is 30.2 Å². The van der Waals surface area contributed by atoms with Crippen LogP contribution in [0.1, 0.15) is 58.6 Å². The summed E-state index contributed by atoms with van der Waals surface area (Å²) in [4.78, 5) is 21.5. The summed E-state index contributed by atoms with van der Waals surface area (Å²) in [6.45, 7) is 5.96. The molecule has 0 saturated heterocycles. The maximum absolute atomic E-state index is 13.3. The molecule has 0 radical (unpaired) electrons. The lowest BCUT2D eigenvalue weighted by molar-refractivity contribution is 0.103. The summed E-state index contributed by atoms with van der Waals surface area (Å²) in [7, 11) is 0. The Morgan fingerprint density at radius 3 is 2.55 bits per heavy atom. The minimum Gasteiger partial charge on any atom is -0.507 e. The molecule has 1 heterocycles. The first-order chi connectivity index (χ1) is 15.1. The Labute approximate surface area is 187 Å². The van der Waals surface area contributed by atoms with Crippen molar-refractivity contribution in [1.29, 1.82) is 0 Å². The number of hydrogen-bond donors (Lipinski definition) is 1. The lowest BCUT2D eigenvalue weighted by Gasteiger charge is -2.21.